The van der Waals surface area contributed by atoms with Crippen LogP contribution in [0.2, 0.25) is 0 Å². The Hall–Kier alpha value is -0.660. The van der Waals surface area contributed by atoms with E-state index < -0.39 is 10.0 Å². The first kappa shape index (κ1) is 12.4. The van der Waals surface area contributed by atoms with Gasteiger partial charge < -0.3 is 5.32 Å². The number of hydrogen-bond donors (Lipinski definition) is 2. The molecule has 3 N–H and O–H groups in total. The molecule has 15 heavy (non-hydrogen) atoms. The van der Waals surface area contributed by atoms with Crippen molar-refractivity contribution in [2.45, 2.75) is 30.4 Å². The Bertz CT molecular complexity index is 400. The molecule has 0 amide bonds. The fraction of sp³-hybridized carbons (Fsp3) is 0.625. The van der Waals surface area contributed by atoms with E-state index in [-0.39, 0.29) is 4.21 Å². The molecule has 0 atom stereocenters. The van der Waals surface area contributed by atoms with Crippen LogP contribution < -0.4 is 10.5 Å². The van der Waals surface area contributed by atoms with E-state index in [0.29, 0.717) is 5.13 Å². The van der Waals surface area contributed by atoms with Gasteiger partial charge in [0.15, 0.2) is 9.34 Å². The first-order valence-corrected chi connectivity index (χ1v) is 7.13. The summed E-state index contributed by atoms with van der Waals surface area (Å²) < 4.78 is 22.0. The van der Waals surface area contributed by atoms with Crippen molar-refractivity contribution in [3.05, 3.63) is 6.20 Å². The summed E-state index contributed by atoms with van der Waals surface area (Å²) >= 11 is 1.06. The smallest absolute Gasteiger partial charge is 0.249 e. The van der Waals surface area contributed by atoms with Gasteiger partial charge in [-0.05, 0) is 6.42 Å². The maximum absolute atomic E-state index is 10.9. The van der Waals surface area contributed by atoms with Crippen molar-refractivity contribution >= 4 is 26.5 Å². The Morgan fingerprint density at radius 3 is 2.80 bits per heavy atom. The lowest BCUT2D eigenvalue weighted by Gasteiger charge is -1.99. The number of hydrogen-bond acceptors (Lipinski definition) is 5. The van der Waals surface area contributed by atoms with E-state index in [0.717, 1.165) is 37.1 Å². The molecular weight excluding hydrogens is 234 g/mol. The molecule has 0 unspecified atom stereocenters. The molecule has 0 saturated carbocycles. The van der Waals surface area contributed by atoms with Gasteiger partial charge in [0.2, 0.25) is 10.0 Å². The first-order valence-electron chi connectivity index (χ1n) is 4.76. The van der Waals surface area contributed by atoms with E-state index in [9.17, 15) is 8.42 Å². The van der Waals surface area contributed by atoms with Gasteiger partial charge in [-0.3, -0.25) is 0 Å². The summed E-state index contributed by atoms with van der Waals surface area (Å²) in [4.78, 5) is 3.93. The summed E-state index contributed by atoms with van der Waals surface area (Å²) in [5.74, 6) is 0. The number of nitrogens with one attached hydrogen (secondary N) is 1. The number of primary sulfonamides is 1. The second kappa shape index (κ2) is 5.43. The maximum Gasteiger partial charge on any atom is 0.249 e. The van der Waals surface area contributed by atoms with Crippen LogP contribution in [0.5, 0.6) is 0 Å². The molecule has 1 aromatic heterocycles. The number of nitrogens with zero attached hydrogens (tertiary/aromatic N) is 1. The van der Waals surface area contributed by atoms with Gasteiger partial charge in [-0.1, -0.05) is 31.1 Å². The summed E-state index contributed by atoms with van der Waals surface area (Å²) in [6.07, 6.45) is 4.64. The average Bonchev–Trinajstić information content (AvgIpc) is 2.60. The predicted octanol–water partition coefficient (Wildman–Crippen LogP) is 1.39. The van der Waals surface area contributed by atoms with Gasteiger partial charge in [0.25, 0.3) is 0 Å². The highest BCUT2D eigenvalue weighted by Gasteiger charge is 2.11. The Balaban J connectivity index is 2.47. The normalized spacial score (nSPS) is 11.6. The molecule has 0 bridgehead atoms. The number of thiazole rings is 1. The Labute approximate surface area is 93.8 Å². The highest BCUT2D eigenvalue weighted by molar-refractivity contribution is 7.91. The third-order valence-corrected chi connectivity index (χ3v) is 4.18. The summed E-state index contributed by atoms with van der Waals surface area (Å²) in [6, 6.07) is 0. The summed E-state index contributed by atoms with van der Waals surface area (Å²) in [7, 11) is -3.60. The van der Waals surface area contributed by atoms with Crippen LogP contribution in [0.1, 0.15) is 26.2 Å². The van der Waals surface area contributed by atoms with Crippen molar-refractivity contribution in [3.63, 3.8) is 0 Å². The van der Waals surface area contributed by atoms with Gasteiger partial charge in [0, 0.05) is 6.54 Å². The molecule has 0 spiro atoms. The molecule has 0 aliphatic rings. The monoisotopic (exact) mass is 249 g/mol. The van der Waals surface area contributed by atoms with Gasteiger partial charge in [0.05, 0.1) is 6.20 Å². The van der Waals surface area contributed by atoms with Crippen LogP contribution in [0.15, 0.2) is 10.4 Å². The van der Waals surface area contributed by atoms with E-state index in [2.05, 4.69) is 17.2 Å². The molecule has 0 radical (unpaired) electrons. The number of aromatic nitrogens is 1. The quantitative estimate of drug-likeness (QED) is 0.746. The van der Waals surface area contributed by atoms with Crippen molar-refractivity contribution in [2.24, 2.45) is 5.14 Å². The van der Waals surface area contributed by atoms with Crippen LogP contribution in [-0.2, 0) is 10.0 Å². The highest BCUT2D eigenvalue weighted by Crippen LogP contribution is 2.21. The Morgan fingerprint density at radius 1 is 1.53 bits per heavy atom. The minimum atomic E-state index is -3.60. The largest absolute Gasteiger partial charge is 0.361 e. The summed E-state index contributed by atoms with van der Waals surface area (Å²) in [6.45, 7) is 2.94. The van der Waals surface area contributed by atoms with Gasteiger partial charge in [-0.15, -0.1) is 0 Å². The number of rotatable bonds is 6. The standard InChI is InChI=1S/C8H15N3O2S2/c1-2-3-4-5-10-8-11-6-7(14-8)15(9,12)13/h6H,2-5H2,1H3,(H,10,11)(H2,9,12,13). The minimum absolute atomic E-state index is 0.0977. The van der Waals surface area contributed by atoms with Crippen LogP contribution in [0.4, 0.5) is 5.13 Å². The van der Waals surface area contributed by atoms with Crippen molar-refractivity contribution in [2.75, 3.05) is 11.9 Å². The van der Waals surface area contributed by atoms with Gasteiger partial charge in [-0.25, -0.2) is 18.5 Å². The van der Waals surface area contributed by atoms with Crippen molar-refractivity contribution in [3.8, 4) is 0 Å². The SMILES string of the molecule is CCCCCNc1ncc(S(N)(=O)=O)s1. The topological polar surface area (TPSA) is 85.1 Å². The lowest BCUT2D eigenvalue weighted by Crippen LogP contribution is -2.09. The number of sulfonamides is 1. The third-order valence-electron chi connectivity index (χ3n) is 1.82. The van der Waals surface area contributed by atoms with Crippen LogP contribution in [0, 0.1) is 0 Å². The lowest BCUT2D eigenvalue weighted by atomic mass is 10.2. The molecule has 0 aliphatic heterocycles. The van der Waals surface area contributed by atoms with Crippen LogP contribution >= 0.6 is 11.3 Å². The Morgan fingerprint density at radius 2 is 2.27 bits per heavy atom. The van der Waals surface area contributed by atoms with Crippen molar-refractivity contribution < 1.29 is 8.42 Å². The van der Waals surface area contributed by atoms with Crippen LogP contribution in [0.25, 0.3) is 0 Å². The molecule has 1 rings (SSSR count). The van der Waals surface area contributed by atoms with Gasteiger partial charge in [-0.2, -0.15) is 0 Å². The Kier molecular flexibility index (Phi) is 4.49. The molecular formula is C8H15N3O2S2. The molecule has 7 heteroatoms. The van der Waals surface area contributed by atoms with E-state index in [4.69, 9.17) is 5.14 Å². The third kappa shape index (κ3) is 4.15. The second-order valence-corrected chi connectivity index (χ2v) is 5.98. The van der Waals surface area contributed by atoms with Crippen molar-refractivity contribution in [1.82, 2.24) is 4.98 Å². The molecule has 0 aliphatic carbocycles. The minimum Gasteiger partial charge on any atom is -0.361 e. The average molecular weight is 249 g/mol. The van der Waals surface area contributed by atoms with Crippen molar-refractivity contribution in [1.29, 1.82) is 0 Å². The fourth-order valence-electron chi connectivity index (χ4n) is 1.04. The first-order chi connectivity index (χ1) is 7.04. The van der Waals surface area contributed by atoms with E-state index in [1.807, 2.05) is 0 Å². The van der Waals surface area contributed by atoms with Gasteiger partial charge >= 0.3 is 0 Å². The fourth-order valence-corrected chi connectivity index (χ4v) is 2.52. The van der Waals surface area contributed by atoms with Crippen LogP contribution in [-0.4, -0.2) is 19.9 Å². The molecule has 1 aromatic rings. The summed E-state index contributed by atoms with van der Waals surface area (Å²) in [5, 5.41) is 8.63. The lowest BCUT2D eigenvalue weighted by molar-refractivity contribution is 0.599. The molecule has 5 nitrogen and oxygen atoms in total. The zero-order valence-electron chi connectivity index (χ0n) is 8.56. The zero-order chi connectivity index (χ0) is 11.3. The van der Waals surface area contributed by atoms with Crippen LogP contribution in [0.3, 0.4) is 0 Å². The summed E-state index contributed by atoms with van der Waals surface area (Å²) in [5.41, 5.74) is 0. The predicted molar refractivity (Wildman–Crippen MR) is 61.5 cm³/mol. The molecule has 0 saturated heterocycles. The number of unbranched alkanes of at least 4 members (excludes halogenated alkanes) is 2. The highest BCUT2D eigenvalue weighted by atomic mass is 32.2. The maximum atomic E-state index is 10.9. The molecule has 1 heterocycles. The van der Waals surface area contributed by atoms with Gasteiger partial charge in [0.1, 0.15) is 0 Å². The second-order valence-electron chi connectivity index (χ2n) is 3.16. The van der Waals surface area contributed by atoms with E-state index in [1.165, 1.54) is 6.20 Å². The number of nitrogens with two attached hydrogens (primary N) is 1. The molecule has 0 aromatic carbocycles. The molecule has 86 valence electrons. The zero-order valence-corrected chi connectivity index (χ0v) is 10.2. The molecule has 0 fully saturated rings. The van der Waals surface area contributed by atoms with E-state index in [1.54, 1.807) is 0 Å². The van der Waals surface area contributed by atoms with E-state index >= 15 is 0 Å². The number of anilines is 1.